The molecule has 1 aliphatic rings. The highest BCUT2D eigenvalue weighted by molar-refractivity contribution is 6.00. The topological polar surface area (TPSA) is 101 Å². The van der Waals surface area contributed by atoms with Crippen LogP contribution in [0.4, 0.5) is 21.1 Å². The van der Waals surface area contributed by atoms with Crippen LogP contribution in [0.3, 0.4) is 0 Å². The van der Waals surface area contributed by atoms with Gasteiger partial charge in [-0.2, -0.15) is 5.10 Å². The zero-order valence-electron chi connectivity index (χ0n) is 18.5. The number of nitrogens with zero attached hydrogens (tertiary/aromatic N) is 3. The lowest BCUT2D eigenvalue weighted by atomic mass is 10.1. The number of urea groups is 2. The Hall–Kier alpha value is -4.01. The second kappa shape index (κ2) is 10.5. The molecule has 2 aromatic carbocycles. The molecule has 0 aliphatic carbocycles. The summed E-state index contributed by atoms with van der Waals surface area (Å²) < 4.78 is 7.10. The predicted molar refractivity (Wildman–Crippen MR) is 126 cm³/mol. The third kappa shape index (κ3) is 5.62. The number of rotatable bonds is 6. The van der Waals surface area contributed by atoms with Gasteiger partial charge >= 0.3 is 12.1 Å². The van der Waals surface area contributed by atoms with Gasteiger partial charge in [0.2, 0.25) is 0 Å². The number of amides is 4. The maximum atomic E-state index is 12.5. The molecule has 1 aliphatic heterocycles. The Labute approximate surface area is 192 Å². The summed E-state index contributed by atoms with van der Waals surface area (Å²) in [4.78, 5) is 26.9. The summed E-state index contributed by atoms with van der Waals surface area (Å²) in [5, 5.41) is 13.1. The number of hydrogen-bond acceptors (Lipinski definition) is 4. The van der Waals surface area contributed by atoms with E-state index in [1.165, 1.54) is 0 Å². The minimum Gasteiger partial charge on any atom is -0.495 e. The van der Waals surface area contributed by atoms with E-state index in [1.807, 2.05) is 52.0 Å². The molecule has 9 nitrogen and oxygen atoms in total. The number of para-hydroxylation sites is 2. The minimum atomic E-state index is -0.376. The van der Waals surface area contributed by atoms with E-state index in [-0.39, 0.29) is 18.1 Å². The molecular formula is C24H28N6O3. The lowest BCUT2D eigenvalue weighted by Crippen LogP contribution is -2.44. The quantitative estimate of drug-likeness (QED) is 0.529. The third-order valence-electron chi connectivity index (χ3n) is 5.65. The van der Waals surface area contributed by atoms with Crippen LogP contribution < -0.4 is 20.7 Å². The van der Waals surface area contributed by atoms with Gasteiger partial charge in [0, 0.05) is 25.7 Å². The molecule has 0 spiro atoms. The second-order valence-corrected chi connectivity index (χ2v) is 7.80. The molecule has 1 saturated heterocycles. The third-order valence-corrected chi connectivity index (χ3v) is 5.65. The number of hydrogen-bond donors (Lipinski definition) is 3. The zero-order chi connectivity index (χ0) is 23.0. The molecule has 0 atom stereocenters. The minimum absolute atomic E-state index is 0.0627. The first-order valence-corrected chi connectivity index (χ1v) is 11.0. The Bertz CT molecular complexity index is 1080. The van der Waals surface area contributed by atoms with Crippen LogP contribution in [0.2, 0.25) is 0 Å². The molecule has 4 amide bonds. The summed E-state index contributed by atoms with van der Waals surface area (Å²) in [5.74, 6) is 1.19. The van der Waals surface area contributed by atoms with Crippen molar-refractivity contribution in [3.63, 3.8) is 0 Å². The van der Waals surface area contributed by atoms with Gasteiger partial charge in [0.25, 0.3) is 0 Å². The van der Waals surface area contributed by atoms with E-state index in [0.29, 0.717) is 36.9 Å². The number of ether oxygens (including phenoxy) is 1. The van der Waals surface area contributed by atoms with E-state index in [4.69, 9.17) is 4.74 Å². The largest absolute Gasteiger partial charge is 0.495 e. The van der Waals surface area contributed by atoms with Crippen molar-refractivity contribution in [3.8, 4) is 5.75 Å². The van der Waals surface area contributed by atoms with Gasteiger partial charge in [-0.05, 0) is 30.5 Å². The van der Waals surface area contributed by atoms with Gasteiger partial charge < -0.3 is 20.3 Å². The standard InChI is InChI=1S/C24H28N6O3/c1-33-21-10-6-5-9-20(21)27-23(31)28-22-11-14-26-30(22)19-12-15-29(16-13-19)24(32)25-17-18-7-3-2-4-8-18/h2-11,14,19H,12-13,15-17H2,1H3,(H,25,32)(H2,27,28,31). The first-order valence-electron chi connectivity index (χ1n) is 11.0. The monoisotopic (exact) mass is 448 g/mol. The van der Waals surface area contributed by atoms with Crippen LogP contribution in [0.1, 0.15) is 24.4 Å². The zero-order valence-corrected chi connectivity index (χ0v) is 18.5. The lowest BCUT2D eigenvalue weighted by molar-refractivity contribution is 0.169. The number of methoxy groups -OCH3 is 1. The van der Waals surface area contributed by atoms with Crippen molar-refractivity contribution < 1.29 is 14.3 Å². The van der Waals surface area contributed by atoms with Crippen LogP contribution in [0.15, 0.2) is 66.9 Å². The molecule has 33 heavy (non-hydrogen) atoms. The molecule has 4 rings (SSSR count). The van der Waals surface area contributed by atoms with Crippen LogP contribution in [0, 0.1) is 0 Å². The number of carbonyl (C=O) groups excluding carboxylic acids is 2. The molecule has 1 aromatic heterocycles. The average molecular weight is 449 g/mol. The maximum absolute atomic E-state index is 12.5. The van der Waals surface area contributed by atoms with Crippen molar-refractivity contribution in [2.75, 3.05) is 30.8 Å². The van der Waals surface area contributed by atoms with Gasteiger partial charge in [-0.25, -0.2) is 14.3 Å². The van der Waals surface area contributed by atoms with Gasteiger partial charge in [0.1, 0.15) is 11.6 Å². The molecule has 2 heterocycles. The van der Waals surface area contributed by atoms with Crippen molar-refractivity contribution in [2.24, 2.45) is 0 Å². The summed E-state index contributed by atoms with van der Waals surface area (Å²) in [6, 6.07) is 18.5. The molecule has 0 bridgehead atoms. The molecular weight excluding hydrogens is 420 g/mol. The summed E-state index contributed by atoms with van der Waals surface area (Å²) in [5.41, 5.74) is 1.65. The van der Waals surface area contributed by atoms with Crippen molar-refractivity contribution >= 4 is 23.6 Å². The number of anilines is 2. The number of aromatic nitrogens is 2. The Morgan fingerprint density at radius 3 is 2.48 bits per heavy atom. The number of likely N-dealkylation sites (tertiary alicyclic amines) is 1. The normalized spacial score (nSPS) is 13.9. The van der Waals surface area contributed by atoms with E-state index in [2.05, 4.69) is 21.0 Å². The fourth-order valence-electron chi connectivity index (χ4n) is 3.92. The van der Waals surface area contributed by atoms with Crippen LogP contribution in [-0.2, 0) is 6.54 Å². The van der Waals surface area contributed by atoms with Gasteiger partial charge in [0.15, 0.2) is 0 Å². The molecule has 0 saturated carbocycles. The van der Waals surface area contributed by atoms with E-state index >= 15 is 0 Å². The average Bonchev–Trinajstić information content (AvgIpc) is 3.31. The maximum Gasteiger partial charge on any atom is 0.324 e. The van der Waals surface area contributed by atoms with E-state index in [9.17, 15) is 9.59 Å². The Kier molecular flexibility index (Phi) is 7.09. The molecule has 9 heteroatoms. The molecule has 0 radical (unpaired) electrons. The van der Waals surface area contributed by atoms with Gasteiger partial charge in [-0.15, -0.1) is 0 Å². The SMILES string of the molecule is COc1ccccc1NC(=O)Nc1ccnn1C1CCN(C(=O)NCc2ccccc2)CC1. The number of nitrogens with one attached hydrogen (secondary N) is 3. The summed E-state index contributed by atoms with van der Waals surface area (Å²) in [7, 11) is 1.56. The van der Waals surface area contributed by atoms with Gasteiger partial charge in [-0.1, -0.05) is 42.5 Å². The Morgan fingerprint density at radius 2 is 1.73 bits per heavy atom. The van der Waals surface area contributed by atoms with E-state index in [0.717, 1.165) is 18.4 Å². The molecule has 172 valence electrons. The van der Waals surface area contributed by atoms with E-state index in [1.54, 1.807) is 31.5 Å². The summed E-state index contributed by atoms with van der Waals surface area (Å²) in [6.07, 6.45) is 3.17. The second-order valence-electron chi connectivity index (χ2n) is 7.80. The van der Waals surface area contributed by atoms with Crippen molar-refractivity contribution in [2.45, 2.75) is 25.4 Å². The van der Waals surface area contributed by atoms with Crippen molar-refractivity contribution in [3.05, 3.63) is 72.4 Å². The summed E-state index contributed by atoms with van der Waals surface area (Å²) in [6.45, 7) is 1.75. The molecule has 1 fully saturated rings. The highest BCUT2D eigenvalue weighted by Crippen LogP contribution is 2.26. The first-order chi connectivity index (χ1) is 16.1. The van der Waals surface area contributed by atoms with Crippen LogP contribution >= 0.6 is 0 Å². The van der Waals surface area contributed by atoms with Crippen LogP contribution in [-0.4, -0.2) is 46.9 Å². The Balaban J connectivity index is 1.29. The smallest absolute Gasteiger partial charge is 0.324 e. The molecule has 3 aromatic rings. The molecule has 0 unspecified atom stereocenters. The predicted octanol–water partition coefficient (Wildman–Crippen LogP) is 4.08. The fraction of sp³-hybridized carbons (Fsp3) is 0.292. The number of carbonyl (C=O) groups is 2. The van der Waals surface area contributed by atoms with Crippen LogP contribution in [0.25, 0.3) is 0 Å². The fourth-order valence-corrected chi connectivity index (χ4v) is 3.92. The summed E-state index contributed by atoms with van der Waals surface area (Å²) >= 11 is 0. The lowest BCUT2D eigenvalue weighted by Gasteiger charge is -2.32. The Morgan fingerprint density at radius 1 is 1.00 bits per heavy atom. The highest BCUT2D eigenvalue weighted by atomic mass is 16.5. The van der Waals surface area contributed by atoms with Gasteiger partial charge in [0.05, 0.1) is 25.0 Å². The molecule has 3 N–H and O–H groups in total. The highest BCUT2D eigenvalue weighted by Gasteiger charge is 2.25. The van der Waals surface area contributed by atoms with Crippen molar-refractivity contribution in [1.29, 1.82) is 0 Å². The van der Waals surface area contributed by atoms with E-state index < -0.39 is 0 Å². The van der Waals surface area contributed by atoms with Crippen molar-refractivity contribution in [1.82, 2.24) is 20.0 Å². The van der Waals surface area contributed by atoms with Crippen LogP contribution in [0.5, 0.6) is 5.75 Å². The number of piperidine rings is 1. The van der Waals surface area contributed by atoms with Gasteiger partial charge in [-0.3, -0.25) is 5.32 Å². The number of benzene rings is 2. The first kappa shape index (κ1) is 22.2.